The molecule has 0 radical (unpaired) electrons. The largest absolute Gasteiger partial charge is 0.497 e. The zero-order valence-electron chi connectivity index (χ0n) is 18.0. The highest BCUT2D eigenvalue weighted by Crippen LogP contribution is 2.24. The summed E-state index contributed by atoms with van der Waals surface area (Å²) in [5.74, 6) is 0.991. The second-order valence-electron chi connectivity index (χ2n) is 7.69. The van der Waals surface area contributed by atoms with Crippen LogP contribution in [0.5, 0.6) is 0 Å². The van der Waals surface area contributed by atoms with Gasteiger partial charge >= 0.3 is 0 Å². The fourth-order valence-electron chi connectivity index (χ4n) is 3.67. The quantitative estimate of drug-likeness (QED) is 0.365. The molecule has 8 heteroatoms. The molecule has 1 atom stereocenters. The molecule has 0 aliphatic carbocycles. The Hall–Kier alpha value is -2.58. The number of rotatable bonds is 12. The molecule has 32 heavy (non-hydrogen) atoms. The maximum absolute atomic E-state index is 6.05. The maximum atomic E-state index is 6.05. The highest BCUT2D eigenvalue weighted by molar-refractivity contribution is 6.31. The smallest absolute Gasteiger partial charge is 0.118 e. The molecule has 3 heterocycles. The molecule has 170 valence electrons. The van der Waals surface area contributed by atoms with Crippen LogP contribution in [0.1, 0.15) is 12.8 Å². The number of ether oxygens (including phenoxy) is 3. The summed E-state index contributed by atoms with van der Waals surface area (Å²) >= 11 is 6.05. The highest BCUT2D eigenvalue weighted by Gasteiger charge is 2.18. The first-order valence-corrected chi connectivity index (χ1v) is 11.3. The molecule has 0 saturated carbocycles. The van der Waals surface area contributed by atoms with Gasteiger partial charge in [-0.15, -0.1) is 0 Å². The van der Waals surface area contributed by atoms with Gasteiger partial charge in [-0.3, -0.25) is 15.2 Å². The summed E-state index contributed by atoms with van der Waals surface area (Å²) in [6, 6.07) is 7.61. The molecular weight excluding hydrogens is 428 g/mol. The summed E-state index contributed by atoms with van der Waals surface area (Å²) in [6.45, 7) is 4.16. The predicted octanol–water partition coefficient (Wildman–Crippen LogP) is 4.24. The molecule has 0 fully saturated rings. The molecule has 2 N–H and O–H groups in total. The van der Waals surface area contributed by atoms with Crippen LogP contribution in [-0.2, 0) is 14.2 Å². The molecule has 2 aliphatic rings. The number of pyridine rings is 1. The Morgan fingerprint density at radius 3 is 3.00 bits per heavy atom. The number of allylic oxidation sites excluding steroid dienone is 2. The van der Waals surface area contributed by atoms with Crippen molar-refractivity contribution in [2.24, 2.45) is 0 Å². The monoisotopic (exact) mass is 456 g/mol. The first-order chi connectivity index (χ1) is 15.8. The van der Waals surface area contributed by atoms with Crippen LogP contribution in [0.25, 0.3) is 10.9 Å². The van der Waals surface area contributed by atoms with E-state index >= 15 is 0 Å². The van der Waals surface area contributed by atoms with Gasteiger partial charge in [0.25, 0.3) is 0 Å². The van der Waals surface area contributed by atoms with Gasteiger partial charge in [-0.05, 0) is 48.9 Å². The van der Waals surface area contributed by atoms with Gasteiger partial charge in [-0.2, -0.15) is 0 Å². The van der Waals surface area contributed by atoms with Crippen LogP contribution >= 0.6 is 11.6 Å². The molecule has 7 nitrogen and oxygen atoms in total. The van der Waals surface area contributed by atoms with Crippen LogP contribution in [0, 0.1) is 0 Å². The third kappa shape index (κ3) is 6.71. The molecule has 2 aliphatic heterocycles. The van der Waals surface area contributed by atoms with Crippen LogP contribution in [0.3, 0.4) is 0 Å². The van der Waals surface area contributed by atoms with Crippen molar-refractivity contribution in [3.8, 4) is 0 Å². The standard InChI is InChI=1S/C24H29ClN4O3/c25-19-6-7-22-23(8-9-27-24(22)14-19)28-18-30-17-26-10-11-29(16-21-5-3-13-32-21)15-20-4-1-2-12-31-20/h2-4,6-9,12-14,21,26H,1,5,10-11,15-18H2,(H,27,28). The number of aromatic nitrogens is 1. The third-order valence-electron chi connectivity index (χ3n) is 5.28. The number of benzene rings is 1. The number of fused-ring (bicyclic) bond motifs is 1. The van der Waals surface area contributed by atoms with E-state index in [1.165, 1.54) is 0 Å². The average molecular weight is 457 g/mol. The molecule has 1 aromatic carbocycles. The zero-order chi connectivity index (χ0) is 22.0. The number of hydrogen-bond donors (Lipinski definition) is 2. The second kappa shape index (κ2) is 11.9. The molecule has 0 spiro atoms. The molecular formula is C24H29ClN4O3. The summed E-state index contributed by atoms with van der Waals surface area (Å²) in [6.07, 6.45) is 13.6. The van der Waals surface area contributed by atoms with Gasteiger partial charge in [0.05, 0.1) is 31.3 Å². The van der Waals surface area contributed by atoms with Crippen molar-refractivity contribution in [1.29, 1.82) is 0 Å². The molecule has 1 aromatic heterocycles. The zero-order valence-corrected chi connectivity index (χ0v) is 18.8. The minimum Gasteiger partial charge on any atom is -0.497 e. The summed E-state index contributed by atoms with van der Waals surface area (Å²) in [7, 11) is 0. The molecule has 0 bridgehead atoms. The molecule has 2 aromatic rings. The van der Waals surface area contributed by atoms with Crippen LogP contribution in [0.4, 0.5) is 5.69 Å². The van der Waals surface area contributed by atoms with E-state index in [0.717, 1.165) is 61.4 Å². The van der Waals surface area contributed by atoms with Crippen molar-refractivity contribution < 1.29 is 14.2 Å². The van der Waals surface area contributed by atoms with E-state index < -0.39 is 0 Å². The number of nitrogens with zero attached hydrogens (tertiary/aromatic N) is 2. The minimum atomic E-state index is 0.209. The van der Waals surface area contributed by atoms with Crippen LogP contribution in [0.2, 0.25) is 5.02 Å². The van der Waals surface area contributed by atoms with Crippen molar-refractivity contribution in [2.75, 3.05) is 45.0 Å². The summed E-state index contributed by atoms with van der Waals surface area (Å²) in [5.41, 5.74) is 1.83. The van der Waals surface area contributed by atoms with Gasteiger partial charge in [-0.1, -0.05) is 11.6 Å². The Labute approximate surface area is 193 Å². The fourth-order valence-corrected chi connectivity index (χ4v) is 3.83. The van der Waals surface area contributed by atoms with Crippen molar-refractivity contribution in [1.82, 2.24) is 15.2 Å². The second-order valence-corrected chi connectivity index (χ2v) is 8.12. The van der Waals surface area contributed by atoms with E-state index in [0.29, 0.717) is 18.5 Å². The van der Waals surface area contributed by atoms with Crippen LogP contribution in [-0.4, -0.2) is 55.6 Å². The third-order valence-corrected chi connectivity index (χ3v) is 5.52. The van der Waals surface area contributed by atoms with Crippen molar-refractivity contribution in [3.05, 3.63) is 72.0 Å². The number of hydrogen-bond acceptors (Lipinski definition) is 7. The van der Waals surface area contributed by atoms with Crippen molar-refractivity contribution in [2.45, 2.75) is 18.9 Å². The summed E-state index contributed by atoms with van der Waals surface area (Å²) in [5, 5.41) is 8.34. The Bertz CT molecular complexity index is 971. The topological polar surface area (TPSA) is 67.9 Å². The normalized spacial score (nSPS) is 17.4. The Balaban J connectivity index is 1.16. The lowest BCUT2D eigenvalue weighted by molar-refractivity contribution is 0.102. The maximum Gasteiger partial charge on any atom is 0.118 e. The van der Waals surface area contributed by atoms with Gasteiger partial charge in [0.2, 0.25) is 0 Å². The lowest BCUT2D eigenvalue weighted by atomic mass is 10.2. The minimum absolute atomic E-state index is 0.209. The molecule has 0 saturated heterocycles. The van der Waals surface area contributed by atoms with Gasteiger partial charge < -0.3 is 19.5 Å². The first-order valence-electron chi connectivity index (χ1n) is 10.9. The highest BCUT2D eigenvalue weighted by atomic mass is 35.5. The number of anilines is 1. The van der Waals surface area contributed by atoms with E-state index in [2.05, 4.69) is 32.7 Å². The van der Waals surface area contributed by atoms with Crippen LogP contribution < -0.4 is 10.6 Å². The lowest BCUT2D eigenvalue weighted by Crippen LogP contribution is -2.39. The summed E-state index contributed by atoms with van der Waals surface area (Å²) in [4.78, 5) is 6.70. The summed E-state index contributed by atoms with van der Waals surface area (Å²) < 4.78 is 17.0. The fraction of sp³-hybridized carbons (Fsp3) is 0.375. The van der Waals surface area contributed by atoms with Crippen molar-refractivity contribution >= 4 is 28.2 Å². The average Bonchev–Trinajstić information content (AvgIpc) is 3.32. The number of nitrogens with one attached hydrogen (secondary N) is 2. The van der Waals surface area contributed by atoms with E-state index in [9.17, 15) is 0 Å². The van der Waals surface area contributed by atoms with Gasteiger partial charge in [0, 0.05) is 48.3 Å². The van der Waals surface area contributed by atoms with E-state index in [1.54, 1.807) is 18.7 Å². The van der Waals surface area contributed by atoms with E-state index in [-0.39, 0.29) is 6.10 Å². The van der Waals surface area contributed by atoms with E-state index in [1.807, 2.05) is 30.3 Å². The van der Waals surface area contributed by atoms with E-state index in [4.69, 9.17) is 25.8 Å². The number of halogens is 1. The Kier molecular flexibility index (Phi) is 8.39. The Morgan fingerprint density at radius 1 is 1.19 bits per heavy atom. The van der Waals surface area contributed by atoms with Crippen molar-refractivity contribution in [3.63, 3.8) is 0 Å². The van der Waals surface area contributed by atoms with Gasteiger partial charge in [-0.25, -0.2) is 0 Å². The predicted molar refractivity (Wildman–Crippen MR) is 127 cm³/mol. The molecule has 4 rings (SSSR count). The van der Waals surface area contributed by atoms with Gasteiger partial charge in [0.1, 0.15) is 18.6 Å². The first kappa shape index (κ1) is 22.6. The van der Waals surface area contributed by atoms with Crippen LogP contribution in [0.15, 0.2) is 67.0 Å². The Morgan fingerprint density at radius 2 is 2.16 bits per heavy atom. The molecule has 1 unspecified atom stereocenters. The van der Waals surface area contributed by atoms with Gasteiger partial charge in [0.15, 0.2) is 0 Å². The molecule has 0 amide bonds. The SMILES string of the molecule is Clc1ccc2c(NCOCNCCN(CC3=CCC=CO3)CC3CC=CO3)ccnc2c1. The lowest BCUT2D eigenvalue weighted by Gasteiger charge is -2.26.